The van der Waals surface area contributed by atoms with Gasteiger partial charge in [-0.25, -0.2) is 4.79 Å². The zero-order chi connectivity index (χ0) is 14.0. The quantitative estimate of drug-likeness (QED) is 0.862. The van der Waals surface area contributed by atoms with Crippen LogP contribution in [0.1, 0.15) is 19.6 Å². The molecule has 0 fully saturated rings. The first-order valence-electron chi connectivity index (χ1n) is 5.64. The number of ether oxygens (including phenoxy) is 2. The number of carbonyl (C=O) groups is 2. The minimum Gasteiger partial charge on any atom is -0.501 e. The highest BCUT2D eigenvalue weighted by Crippen LogP contribution is 2.37. The van der Waals surface area contributed by atoms with E-state index in [0.717, 1.165) is 0 Å². The van der Waals surface area contributed by atoms with Gasteiger partial charge in [0.2, 0.25) is 17.2 Å². The van der Waals surface area contributed by atoms with E-state index in [0.29, 0.717) is 0 Å². The minimum absolute atomic E-state index is 0.156. The summed E-state index contributed by atoms with van der Waals surface area (Å²) in [5.41, 5.74) is -1.50. The van der Waals surface area contributed by atoms with Crippen molar-refractivity contribution in [2.75, 3.05) is 6.61 Å². The van der Waals surface area contributed by atoms with Crippen molar-refractivity contribution < 1.29 is 28.6 Å². The molecule has 1 atom stereocenters. The molecule has 0 spiro atoms. The highest BCUT2D eigenvalue weighted by atomic mass is 16.6. The molecule has 1 aliphatic rings. The Bertz CT molecular complexity index is 532. The van der Waals surface area contributed by atoms with E-state index in [9.17, 15) is 14.7 Å². The van der Waals surface area contributed by atoms with Crippen LogP contribution in [-0.2, 0) is 19.9 Å². The molecular formula is C12H13NO6. The van der Waals surface area contributed by atoms with Gasteiger partial charge in [0.05, 0.1) is 12.9 Å². The standard InChI is InChI=1S/C12H13NO6/c1-3-17-11(16)13-10-8(14)9(15)12(2,19-10)7-5-4-6-18-7/h4-6,14H,3H2,1-2H3,(H,13,16). The number of rotatable bonds is 3. The Balaban J connectivity index is 2.21. The first-order chi connectivity index (χ1) is 8.99. The molecule has 2 N–H and O–H groups in total. The number of nitrogens with one attached hydrogen (secondary N) is 1. The number of furan rings is 1. The molecular weight excluding hydrogens is 254 g/mol. The Labute approximate surface area is 108 Å². The van der Waals surface area contributed by atoms with Crippen molar-refractivity contribution in [3.8, 4) is 0 Å². The van der Waals surface area contributed by atoms with E-state index >= 15 is 0 Å². The molecule has 2 rings (SSSR count). The maximum Gasteiger partial charge on any atom is 0.414 e. The third-order valence-electron chi connectivity index (χ3n) is 2.65. The molecule has 1 aromatic rings. The molecule has 1 unspecified atom stereocenters. The fourth-order valence-electron chi connectivity index (χ4n) is 1.68. The van der Waals surface area contributed by atoms with Gasteiger partial charge in [0.1, 0.15) is 0 Å². The Morgan fingerprint density at radius 1 is 1.58 bits per heavy atom. The maximum absolute atomic E-state index is 12.0. The average molecular weight is 267 g/mol. The summed E-state index contributed by atoms with van der Waals surface area (Å²) >= 11 is 0. The van der Waals surface area contributed by atoms with Crippen molar-refractivity contribution in [2.45, 2.75) is 19.4 Å². The molecule has 0 aliphatic carbocycles. The number of aliphatic hydroxyl groups excluding tert-OH is 1. The molecule has 1 aliphatic heterocycles. The summed E-state index contributed by atoms with van der Waals surface area (Å²) in [6.07, 6.45) is 0.561. The van der Waals surface area contributed by atoms with Gasteiger partial charge in [-0.1, -0.05) is 0 Å². The Morgan fingerprint density at radius 2 is 2.32 bits per heavy atom. The largest absolute Gasteiger partial charge is 0.501 e. The van der Waals surface area contributed by atoms with Gasteiger partial charge < -0.3 is 19.0 Å². The second kappa shape index (κ2) is 4.68. The van der Waals surface area contributed by atoms with Gasteiger partial charge in [-0.3, -0.25) is 10.1 Å². The molecule has 0 bridgehead atoms. The lowest BCUT2D eigenvalue weighted by atomic mass is 9.98. The van der Waals surface area contributed by atoms with Gasteiger partial charge in [0, 0.05) is 0 Å². The molecule has 0 aromatic carbocycles. The third kappa shape index (κ3) is 2.14. The maximum atomic E-state index is 12.0. The van der Waals surface area contributed by atoms with Crippen LogP contribution in [0.2, 0.25) is 0 Å². The van der Waals surface area contributed by atoms with Crippen LogP contribution in [0.25, 0.3) is 0 Å². The monoisotopic (exact) mass is 267 g/mol. The van der Waals surface area contributed by atoms with E-state index in [1.807, 2.05) is 0 Å². The van der Waals surface area contributed by atoms with Gasteiger partial charge in [-0.15, -0.1) is 0 Å². The number of Topliss-reactive ketones (excluding diaryl/α,β-unsaturated/α-hetero) is 1. The number of hydrogen-bond donors (Lipinski definition) is 2. The lowest BCUT2D eigenvalue weighted by molar-refractivity contribution is -0.133. The first-order valence-corrected chi connectivity index (χ1v) is 5.64. The second-order valence-corrected chi connectivity index (χ2v) is 3.96. The van der Waals surface area contributed by atoms with Crippen molar-refractivity contribution in [3.05, 3.63) is 35.8 Å². The number of alkyl carbamates (subject to hydrolysis) is 1. The lowest BCUT2D eigenvalue weighted by Gasteiger charge is -2.20. The van der Waals surface area contributed by atoms with Crippen molar-refractivity contribution >= 4 is 11.9 Å². The van der Waals surface area contributed by atoms with Crippen molar-refractivity contribution in [1.82, 2.24) is 5.32 Å². The van der Waals surface area contributed by atoms with Gasteiger partial charge in [0.15, 0.2) is 5.76 Å². The topological polar surface area (TPSA) is 98.0 Å². The first kappa shape index (κ1) is 13.0. The van der Waals surface area contributed by atoms with Crippen molar-refractivity contribution in [2.24, 2.45) is 0 Å². The molecule has 0 radical (unpaired) electrons. The molecule has 19 heavy (non-hydrogen) atoms. The van der Waals surface area contributed by atoms with Crippen LogP contribution >= 0.6 is 0 Å². The lowest BCUT2D eigenvalue weighted by Crippen LogP contribution is -2.32. The molecule has 2 heterocycles. The van der Waals surface area contributed by atoms with Gasteiger partial charge in [-0.2, -0.15) is 0 Å². The number of aliphatic hydroxyl groups is 1. The summed E-state index contributed by atoms with van der Waals surface area (Å²) in [7, 11) is 0. The Kier molecular flexibility index (Phi) is 3.20. The van der Waals surface area contributed by atoms with Crippen LogP contribution in [0.15, 0.2) is 34.5 Å². The zero-order valence-corrected chi connectivity index (χ0v) is 10.4. The van der Waals surface area contributed by atoms with Crippen LogP contribution in [0, 0.1) is 0 Å². The summed E-state index contributed by atoms with van der Waals surface area (Å²) in [6.45, 7) is 3.22. The number of ketones is 1. The molecule has 1 amide bonds. The predicted molar refractivity (Wildman–Crippen MR) is 62.0 cm³/mol. The molecule has 1 aromatic heterocycles. The third-order valence-corrected chi connectivity index (χ3v) is 2.65. The molecule has 0 saturated carbocycles. The molecule has 0 saturated heterocycles. The molecule has 7 nitrogen and oxygen atoms in total. The van der Waals surface area contributed by atoms with Crippen LogP contribution < -0.4 is 5.32 Å². The minimum atomic E-state index is -1.50. The summed E-state index contributed by atoms with van der Waals surface area (Å²) in [6, 6.07) is 3.13. The van der Waals surface area contributed by atoms with Gasteiger partial charge in [0.25, 0.3) is 5.78 Å². The van der Waals surface area contributed by atoms with Crippen LogP contribution in [-0.4, -0.2) is 23.6 Å². The number of amides is 1. The average Bonchev–Trinajstić information content (AvgIpc) is 2.96. The summed E-state index contributed by atoms with van der Waals surface area (Å²) < 4.78 is 15.1. The Morgan fingerprint density at radius 3 is 2.89 bits per heavy atom. The fraction of sp³-hybridized carbons (Fsp3) is 0.333. The van der Waals surface area contributed by atoms with Crippen LogP contribution in [0.5, 0.6) is 0 Å². The van der Waals surface area contributed by atoms with E-state index in [4.69, 9.17) is 9.15 Å². The van der Waals surface area contributed by atoms with E-state index in [2.05, 4.69) is 10.1 Å². The van der Waals surface area contributed by atoms with Crippen molar-refractivity contribution in [1.29, 1.82) is 0 Å². The van der Waals surface area contributed by atoms with Crippen LogP contribution in [0.3, 0.4) is 0 Å². The zero-order valence-electron chi connectivity index (χ0n) is 10.4. The second-order valence-electron chi connectivity index (χ2n) is 3.96. The van der Waals surface area contributed by atoms with E-state index < -0.39 is 23.2 Å². The smallest absolute Gasteiger partial charge is 0.414 e. The summed E-state index contributed by atoms with van der Waals surface area (Å²) in [5, 5.41) is 11.9. The van der Waals surface area contributed by atoms with E-state index in [-0.39, 0.29) is 18.3 Å². The SMILES string of the molecule is CCOC(=O)NC1=C(O)C(=O)C(C)(c2ccco2)O1. The molecule has 102 valence electrons. The highest BCUT2D eigenvalue weighted by Gasteiger charge is 2.50. The molecule has 7 heteroatoms. The summed E-state index contributed by atoms with van der Waals surface area (Å²) in [4.78, 5) is 23.2. The van der Waals surface area contributed by atoms with Gasteiger partial charge in [-0.05, 0) is 26.0 Å². The Hall–Kier alpha value is -2.44. The highest BCUT2D eigenvalue weighted by molar-refractivity contribution is 6.02. The summed E-state index contributed by atoms with van der Waals surface area (Å²) in [5.74, 6) is -1.49. The fourth-order valence-corrected chi connectivity index (χ4v) is 1.68. The van der Waals surface area contributed by atoms with Crippen molar-refractivity contribution in [3.63, 3.8) is 0 Å². The van der Waals surface area contributed by atoms with Gasteiger partial charge >= 0.3 is 6.09 Å². The van der Waals surface area contributed by atoms with Crippen LogP contribution in [0.4, 0.5) is 4.79 Å². The van der Waals surface area contributed by atoms with E-state index in [1.165, 1.54) is 13.2 Å². The number of hydrogen-bond acceptors (Lipinski definition) is 6. The number of carbonyl (C=O) groups excluding carboxylic acids is 2. The normalized spacial score (nSPS) is 22.3. The predicted octanol–water partition coefficient (Wildman–Crippen LogP) is 1.57. The van der Waals surface area contributed by atoms with E-state index in [1.54, 1.807) is 19.1 Å².